The average molecular weight is 715 g/mol. The van der Waals surface area contributed by atoms with Gasteiger partial charge in [-0.2, -0.15) is 0 Å². The molecule has 56 heavy (non-hydrogen) atoms. The number of rotatable bonds is 7. The lowest BCUT2D eigenvalue weighted by Gasteiger charge is -2.14. The summed E-state index contributed by atoms with van der Waals surface area (Å²) in [6.07, 6.45) is 0. The standard InChI is InChI=1S/C52H34N4/c1-4-15-36(16-5-1)48-33-43(47-32-41-21-10-11-24-44(41)45-25-12-13-26-46(45)47)34-49(53-48)37-29-27-35(28-30-37)40-22-14-23-42(31-40)52-55-50(38-17-6-2-7-18-38)54-51(56-52)39-19-8-3-9-20-39/h1-34H. The Hall–Kier alpha value is -7.56. The van der Waals surface area contributed by atoms with Crippen LogP contribution in [0, 0.1) is 0 Å². The first-order chi connectivity index (χ1) is 27.7. The van der Waals surface area contributed by atoms with Gasteiger partial charge in [0, 0.05) is 27.8 Å². The normalized spacial score (nSPS) is 11.2. The van der Waals surface area contributed by atoms with Gasteiger partial charge in [-0.15, -0.1) is 0 Å². The first-order valence-electron chi connectivity index (χ1n) is 18.8. The van der Waals surface area contributed by atoms with E-state index >= 15 is 0 Å². The zero-order valence-corrected chi connectivity index (χ0v) is 30.4. The molecule has 0 amide bonds. The molecule has 0 N–H and O–H groups in total. The predicted octanol–water partition coefficient (Wildman–Crippen LogP) is 13.2. The highest BCUT2D eigenvalue weighted by atomic mass is 15.0. The lowest BCUT2D eigenvalue weighted by atomic mass is 9.92. The van der Waals surface area contributed by atoms with Crippen molar-refractivity contribution in [2.45, 2.75) is 0 Å². The second-order valence-electron chi connectivity index (χ2n) is 13.9. The summed E-state index contributed by atoms with van der Waals surface area (Å²) in [6, 6.07) is 71.8. The van der Waals surface area contributed by atoms with Crippen LogP contribution in [0.3, 0.4) is 0 Å². The van der Waals surface area contributed by atoms with Gasteiger partial charge < -0.3 is 0 Å². The first kappa shape index (κ1) is 33.0. The summed E-state index contributed by atoms with van der Waals surface area (Å²) in [6.45, 7) is 0. The van der Waals surface area contributed by atoms with Crippen LogP contribution >= 0.6 is 0 Å². The second-order valence-corrected chi connectivity index (χ2v) is 13.9. The van der Waals surface area contributed by atoms with Crippen molar-refractivity contribution in [3.05, 3.63) is 206 Å². The van der Waals surface area contributed by atoms with Crippen LogP contribution < -0.4 is 0 Å². The fourth-order valence-corrected chi connectivity index (χ4v) is 7.49. The van der Waals surface area contributed by atoms with Crippen molar-refractivity contribution in [3.63, 3.8) is 0 Å². The van der Waals surface area contributed by atoms with Gasteiger partial charge in [0.2, 0.25) is 0 Å². The molecule has 0 radical (unpaired) electrons. The van der Waals surface area contributed by atoms with E-state index in [-0.39, 0.29) is 0 Å². The molecule has 0 aliphatic heterocycles. The van der Waals surface area contributed by atoms with Gasteiger partial charge in [0.1, 0.15) is 0 Å². The molecule has 0 saturated heterocycles. The van der Waals surface area contributed by atoms with Crippen LogP contribution in [0.25, 0.3) is 100 Å². The fraction of sp³-hybridized carbons (Fsp3) is 0. The Labute approximate surface area is 325 Å². The minimum absolute atomic E-state index is 0.631. The van der Waals surface area contributed by atoms with Gasteiger partial charge in [-0.3, -0.25) is 0 Å². The van der Waals surface area contributed by atoms with E-state index < -0.39 is 0 Å². The van der Waals surface area contributed by atoms with Crippen LogP contribution in [-0.2, 0) is 0 Å². The number of benzene rings is 8. The number of fused-ring (bicyclic) bond motifs is 3. The maximum atomic E-state index is 5.24. The van der Waals surface area contributed by atoms with Crippen LogP contribution in [0.15, 0.2) is 206 Å². The molecular weight excluding hydrogens is 681 g/mol. The summed E-state index contributed by atoms with van der Waals surface area (Å²) in [5.41, 5.74) is 11.3. The molecule has 0 aliphatic carbocycles. The zero-order chi connectivity index (χ0) is 37.3. The summed E-state index contributed by atoms with van der Waals surface area (Å²) in [7, 11) is 0. The van der Waals surface area contributed by atoms with E-state index in [1.165, 1.54) is 27.1 Å². The SMILES string of the molecule is c1ccc(-c2cc(-c3cc4ccccc4c4ccccc34)cc(-c3ccc(-c4cccc(-c5nc(-c6ccccc6)nc(-c6ccccc6)n5)c4)cc3)n2)cc1. The topological polar surface area (TPSA) is 51.6 Å². The van der Waals surface area contributed by atoms with E-state index in [0.29, 0.717) is 17.5 Å². The summed E-state index contributed by atoms with van der Waals surface area (Å²) in [5.74, 6) is 1.92. The Morgan fingerprint density at radius 3 is 1.30 bits per heavy atom. The van der Waals surface area contributed by atoms with Crippen LogP contribution in [0.2, 0.25) is 0 Å². The van der Waals surface area contributed by atoms with E-state index in [1.54, 1.807) is 0 Å². The Morgan fingerprint density at radius 2 is 0.679 bits per heavy atom. The third-order valence-electron chi connectivity index (χ3n) is 10.3. The molecule has 0 spiro atoms. The molecule has 10 aromatic rings. The first-order valence-corrected chi connectivity index (χ1v) is 18.8. The monoisotopic (exact) mass is 714 g/mol. The lowest BCUT2D eigenvalue weighted by molar-refractivity contribution is 1.07. The van der Waals surface area contributed by atoms with Gasteiger partial charge in [0.25, 0.3) is 0 Å². The number of nitrogens with zero attached hydrogens (tertiary/aromatic N) is 4. The third kappa shape index (κ3) is 6.40. The van der Waals surface area contributed by atoms with Gasteiger partial charge in [0.05, 0.1) is 11.4 Å². The van der Waals surface area contributed by atoms with Crippen molar-refractivity contribution in [2.24, 2.45) is 0 Å². The lowest BCUT2D eigenvalue weighted by Crippen LogP contribution is -2.00. The average Bonchev–Trinajstić information content (AvgIpc) is 3.29. The van der Waals surface area contributed by atoms with Crippen LogP contribution in [-0.4, -0.2) is 19.9 Å². The molecule has 0 fully saturated rings. The molecule has 0 bridgehead atoms. The van der Waals surface area contributed by atoms with Crippen molar-refractivity contribution in [1.29, 1.82) is 0 Å². The van der Waals surface area contributed by atoms with Crippen LogP contribution in [0.5, 0.6) is 0 Å². The van der Waals surface area contributed by atoms with Crippen molar-refractivity contribution >= 4 is 21.5 Å². The largest absolute Gasteiger partial charge is 0.248 e. The maximum absolute atomic E-state index is 5.24. The van der Waals surface area contributed by atoms with E-state index in [9.17, 15) is 0 Å². The Bertz CT molecular complexity index is 2940. The summed E-state index contributed by atoms with van der Waals surface area (Å²) in [4.78, 5) is 20.0. The van der Waals surface area contributed by atoms with E-state index in [2.05, 4.69) is 140 Å². The fourth-order valence-electron chi connectivity index (χ4n) is 7.49. The molecule has 0 unspecified atom stereocenters. The van der Waals surface area contributed by atoms with E-state index in [0.717, 1.165) is 55.9 Å². The molecule has 10 rings (SSSR count). The number of hydrogen-bond acceptors (Lipinski definition) is 4. The number of pyridine rings is 1. The van der Waals surface area contributed by atoms with Gasteiger partial charge >= 0.3 is 0 Å². The zero-order valence-electron chi connectivity index (χ0n) is 30.4. The molecule has 0 aliphatic rings. The summed E-state index contributed by atoms with van der Waals surface area (Å²) >= 11 is 0. The molecule has 8 aromatic carbocycles. The molecule has 4 nitrogen and oxygen atoms in total. The van der Waals surface area contributed by atoms with Gasteiger partial charge in [-0.1, -0.05) is 182 Å². The van der Waals surface area contributed by atoms with E-state index in [1.807, 2.05) is 66.7 Å². The van der Waals surface area contributed by atoms with Gasteiger partial charge in [0.15, 0.2) is 17.5 Å². The highest BCUT2D eigenvalue weighted by Gasteiger charge is 2.15. The van der Waals surface area contributed by atoms with Gasteiger partial charge in [-0.05, 0) is 68.1 Å². The number of aromatic nitrogens is 4. The third-order valence-corrected chi connectivity index (χ3v) is 10.3. The molecule has 4 heteroatoms. The molecule has 262 valence electrons. The highest BCUT2D eigenvalue weighted by molar-refractivity contribution is 6.14. The summed E-state index contributed by atoms with van der Waals surface area (Å²) < 4.78 is 0. The molecule has 2 heterocycles. The van der Waals surface area contributed by atoms with Crippen molar-refractivity contribution in [3.8, 4) is 78.9 Å². The smallest absolute Gasteiger partial charge is 0.164 e. The highest BCUT2D eigenvalue weighted by Crippen LogP contribution is 2.38. The maximum Gasteiger partial charge on any atom is 0.164 e. The molecule has 2 aromatic heterocycles. The van der Waals surface area contributed by atoms with Crippen molar-refractivity contribution in [2.75, 3.05) is 0 Å². The summed E-state index contributed by atoms with van der Waals surface area (Å²) in [5, 5.41) is 4.95. The molecule has 0 atom stereocenters. The molecule has 0 saturated carbocycles. The minimum Gasteiger partial charge on any atom is -0.248 e. The Morgan fingerprint density at radius 1 is 0.232 bits per heavy atom. The number of hydrogen-bond donors (Lipinski definition) is 0. The Kier molecular flexibility index (Phi) is 8.47. The van der Waals surface area contributed by atoms with E-state index in [4.69, 9.17) is 19.9 Å². The Balaban J connectivity index is 1.05. The minimum atomic E-state index is 0.631. The van der Waals surface area contributed by atoms with Crippen LogP contribution in [0.1, 0.15) is 0 Å². The van der Waals surface area contributed by atoms with Crippen molar-refractivity contribution < 1.29 is 0 Å². The van der Waals surface area contributed by atoms with Gasteiger partial charge in [-0.25, -0.2) is 19.9 Å². The molecular formula is C52H34N4. The second kappa shape index (κ2) is 14.3. The predicted molar refractivity (Wildman–Crippen MR) is 231 cm³/mol. The van der Waals surface area contributed by atoms with Crippen LogP contribution in [0.4, 0.5) is 0 Å². The quantitative estimate of drug-likeness (QED) is 0.154. The van der Waals surface area contributed by atoms with Crippen molar-refractivity contribution in [1.82, 2.24) is 19.9 Å².